The van der Waals surface area contributed by atoms with Gasteiger partial charge < -0.3 is 0 Å². The molecular weight excluding hydrogens is 488 g/mol. The van der Waals surface area contributed by atoms with Crippen LogP contribution in [0.5, 0.6) is 0 Å². The normalized spacial score (nSPS) is 13.5. The third-order valence-electron chi connectivity index (χ3n) is 6.14. The molecule has 0 N–H and O–H groups in total. The molecule has 0 fully saturated rings. The van der Waals surface area contributed by atoms with Crippen LogP contribution in [0.25, 0.3) is 45.3 Å². The zero-order chi connectivity index (χ0) is 26.0. The van der Waals surface area contributed by atoms with E-state index in [-0.39, 0.29) is 45.6 Å². The van der Waals surface area contributed by atoms with Gasteiger partial charge in [0.15, 0.2) is 0 Å². The SMILES string of the molecule is O=C1C(=O)c2nc(-c3ccc(-c4cnc5c(n4)C(=O)C(=O)c4nccnc4-5)cc3)cnc2-c2nccnc21. The van der Waals surface area contributed by atoms with Gasteiger partial charge in [-0.3, -0.25) is 29.1 Å². The Kier molecular flexibility index (Phi) is 4.45. The summed E-state index contributed by atoms with van der Waals surface area (Å²) in [5.74, 6) is -3.16. The van der Waals surface area contributed by atoms with Crippen LogP contribution in [0.4, 0.5) is 0 Å². The molecule has 2 aliphatic rings. The first-order valence-corrected chi connectivity index (χ1v) is 11.2. The van der Waals surface area contributed by atoms with Crippen LogP contribution < -0.4 is 0 Å². The number of fused-ring (bicyclic) bond motifs is 6. The Morgan fingerprint density at radius 2 is 0.684 bits per heavy atom. The van der Waals surface area contributed by atoms with E-state index in [0.29, 0.717) is 22.5 Å². The minimum Gasteiger partial charge on any atom is -0.283 e. The Morgan fingerprint density at radius 3 is 1.08 bits per heavy atom. The largest absolute Gasteiger partial charge is 0.283 e. The van der Waals surface area contributed by atoms with Gasteiger partial charge in [-0.15, -0.1) is 0 Å². The van der Waals surface area contributed by atoms with Gasteiger partial charge in [-0.2, -0.15) is 0 Å². The number of nitrogens with zero attached hydrogens (tertiary/aromatic N) is 8. The second kappa shape index (κ2) is 7.86. The summed E-state index contributed by atoms with van der Waals surface area (Å²) in [5, 5.41) is 0. The summed E-state index contributed by atoms with van der Waals surface area (Å²) in [6.07, 6.45) is 8.48. The monoisotopic (exact) mass is 498 g/mol. The molecule has 2 aliphatic carbocycles. The van der Waals surface area contributed by atoms with Gasteiger partial charge in [-0.05, 0) is 0 Å². The maximum absolute atomic E-state index is 12.7. The zero-order valence-electron chi connectivity index (χ0n) is 19.0. The lowest BCUT2D eigenvalue weighted by Gasteiger charge is -2.15. The molecule has 4 aromatic heterocycles. The number of carbonyl (C=O) groups is 4. The number of aromatic nitrogens is 8. The molecule has 0 amide bonds. The summed E-state index contributed by atoms with van der Waals surface area (Å²) in [6.45, 7) is 0. The van der Waals surface area contributed by atoms with E-state index in [9.17, 15) is 19.2 Å². The van der Waals surface area contributed by atoms with Crippen molar-refractivity contribution in [3.8, 4) is 45.3 Å². The molecule has 0 radical (unpaired) electrons. The van der Waals surface area contributed by atoms with Gasteiger partial charge in [-0.1, -0.05) is 24.3 Å². The van der Waals surface area contributed by atoms with Gasteiger partial charge in [-0.25, -0.2) is 29.9 Å². The van der Waals surface area contributed by atoms with Crippen LogP contribution in [0.3, 0.4) is 0 Å². The van der Waals surface area contributed by atoms with E-state index in [1.165, 1.54) is 37.2 Å². The molecule has 4 heterocycles. The fourth-order valence-corrected chi connectivity index (χ4v) is 4.32. The molecule has 12 heteroatoms. The second-order valence-electron chi connectivity index (χ2n) is 8.31. The van der Waals surface area contributed by atoms with Gasteiger partial charge in [0.25, 0.3) is 23.1 Å². The van der Waals surface area contributed by atoms with E-state index in [0.717, 1.165) is 0 Å². The van der Waals surface area contributed by atoms with Crippen LogP contribution in [0.1, 0.15) is 42.0 Å². The van der Waals surface area contributed by atoms with Crippen molar-refractivity contribution in [3.05, 3.63) is 84.2 Å². The van der Waals surface area contributed by atoms with Crippen LogP contribution in [0.15, 0.2) is 61.4 Å². The number of rotatable bonds is 2. The molecule has 0 saturated carbocycles. The van der Waals surface area contributed by atoms with Gasteiger partial charge in [0.2, 0.25) is 0 Å². The molecule has 0 unspecified atom stereocenters. The number of ketones is 4. The molecule has 0 atom stereocenters. The van der Waals surface area contributed by atoms with Crippen LogP contribution in [0, 0.1) is 0 Å². The Morgan fingerprint density at radius 1 is 0.368 bits per heavy atom. The molecule has 0 aliphatic heterocycles. The summed E-state index contributed by atoms with van der Waals surface area (Å²) < 4.78 is 0. The smallest absolute Gasteiger partial charge is 0.255 e. The standard InChI is InChI=1S/C26H10N8O4/c35-23-19-15(27-5-7-29-19)17-21(25(23)37)33-13(9-31-17)11-1-2-12(4-3-11)14-10-32-18-16-20(30-8-6-28-16)24(36)26(38)22(18)34-14/h1-10H. The summed E-state index contributed by atoms with van der Waals surface area (Å²) in [7, 11) is 0. The van der Waals surface area contributed by atoms with Crippen molar-refractivity contribution in [1.29, 1.82) is 0 Å². The first-order valence-electron chi connectivity index (χ1n) is 11.2. The van der Waals surface area contributed by atoms with E-state index >= 15 is 0 Å². The van der Waals surface area contributed by atoms with Crippen molar-refractivity contribution in [2.24, 2.45) is 0 Å². The Hall–Kier alpha value is -5.78. The van der Waals surface area contributed by atoms with Crippen LogP contribution in [0.2, 0.25) is 0 Å². The quantitative estimate of drug-likeness (QED) is 0.326. The molecule has 7 rings (SSSR count). The summed E-state index contributed by atoms with van der Waals surface area (Å²) in [5.41, 5.74) is 2.56. The van der Waals surface area contributed by atoms with E-state index in [4.69, 9.17) is 0 Å². The molecule has 178 valence electrons. The predicted octanol–water partition coefficient (Wildman–Crippen LogP) is 2.27. The van der Waals surface area contributed by atoms with Crippen molar-refractivity contribution >= 4 is 23.1 Å². The molecule has 5 aromatic rings. The van der Waals surface area contributed by atoms with Crippen LogP contribution in [-0.2, 0) is 0 Å². The first kappa shape index (κ1) is 21.5. The Labute approximate surface area is 212 Å². The van der Waals surface area contributed by atoms with Gasteiger partial charge >= 0.3 is 0 Å². The number of Topliss-reactive ketones (excluding diaryl/α,β-unsaturated/α-hetero) is 4. The number of hydrogen-bond acceptors (Lipinski definition) is 12. The van der Waals surface area contributed by atoms with Crippen molar-refractivity contribution in [2.75, 3.05) is 0 Å². The molecule has 0 saturated heterocycles. The Balaban J connectivity index is 1.25. The van der Waals surface area contributed by atoms with Gasteiger partial charge in [0, 0.05) is 35.9 Å². The fourth-order valence-electron chi connectivity index (χ4n) is 4.32. The summed E-state index contributed by atoms with van der Waals surface area (Å²) in [6, 6.07) is 6.90. The Bertz CT molecular complexity index is 1760. The summed E-state index contributed by atoms with van der Waals surface area (Å²) in [4.78, 5) is 83.9. The van der Waals surface area contributed by atoms with Crippen LogP contribution >= 0.6 is 0 Å². The number of benzene rings is 1. The summed E-state index contributed by atoms with van der Waals surface area (Å²) >= 11 is 0. The highest BCUT2D eigenvalue weighted by Crippen LogP contribution is 2.32. The highest BCUT2D eigenvalue weighted by atomic mass is 16.2. The lowest BCUT2D eigenvalue weighted by Crippen LogP contribution is -2.25. The average Bonchev–Trinajstić information content (AvgIpc) is 2.98. The zero-order valence-corrected chi connectivity index (χ0v) is 19.0. The average molecular weight is 498 g/mol. The first-order chi connectivity index (χ1) is 18.5. The topological polar surface area (TPSA) is 171 Å². The number of hydrogen-bond donors (Lipinski definition) is 0. The highest BCUT2D eigenvalue weighted by Gasteiger charge is 2.36. The fraction of sp³-hybridized carbons (Fsp3) is 0. The minimum absolute atomic E-state index is 0.0433. The van der Waals surface area contributed by atoms with Crippen molar-refractivity contribution in [2.45, 2.75) is 0 Å². The highest BCUT2D eigenvalue weighted by molar-refractivity contribution is 6.52. The second-order valence-corrected chi connectivity index (χ2v) is 8.31. The van der Waals surface area contributed by atoms with Gasteiger partial charge in [0.1, 0.15) is 45.6 Å². The molecule has 1 aromatic carbocycles. The third kappa shape index (κ3) is 3.03. The van der Waals surface area contributed by atoms with Crippen molar-refractivity contribution in [3.63, 3.8) is 0 Å². The molecule has 12 nitrogen and oxygen atoms in total. The maximum atomic E-state index is 12.7. The van der Waals surface area contributed by atoms with E-state index in [1.54, 1.807) is 24.3 Å². The maximum Gasteiger partial charge on any atom is 0.255 e. The van der Waals surface area contributed by atoms with Gasteiger partial charge in [0.05, 0.1) is 23.8 Å². The molecule has 0 spiro atoms. The van der Waals surface area contributed by atoms with Crippen molar-refractivity contribution in [1.82, 2.24) is 39.9 Å². The lowest BCUT2D eigenvalue weighted by atomic mass is 9.97. The van der Waals surface area contributed by atoms with Crippen molar-refractivity contribution < 1.29 is 19.2 Å². The molecule has 0 bridgehead atoms. The van der Waals surface area contributed by atoms with E-state index in [1.807, 2.05) is 0 Å². The minimum atomic E-state index is -0.797. The van der Waals surface area contributed by atoms with Crippen LogP contribution in [-0.4, -0.2) is 63.0 Å². The predicted molar refractivity (Wildman–Crippen MR) is 128 cm³/mol. The van der Waals surface area contributed by atoms with E-state index < -0.39 is 23.1 Å². The molecular formula is C26H10N8O4. The van der Waals surface area contributed by atoms with E-state index in [2.05, 4.69) is 39.9 Å². The third-order valence-corrected chi connectivity index (χ3v) is 6.14. The molecule has 38 heavy (non-hydrogen) atoms. The lowest BCUT2D eigenvalue weighted by molar-refractivity contribution is 0.0808. The number of carbonyl (C=O) groups excluding carboxylic acids is 4.